The Morgan fingerprint density at radius 1 is 1.42 bits per heavy atom. The molecule has 1 aliphatic carbocycles. The fraction of sp³-hybridized carbons (Fsp3) is 0.556. The predicted molar refractivity (Wildman–Crippen MR) is 97.4 cm³/mol. The molecule has 3 N–H and O–H groups in total. The number of carbonyl (C=O) groups is 1. The molecule has 1 unspecified atom stereocenters. The number of hydrogen-bond donors (Lipinski definition) is 2. The number of carbonyl (C=O) groups excluding carboxylic acids is 1. The summed E-state index contributed by atoms with van der Waals surface area (Å²) in [6, 6.07) is -0.138. The number of aryl methyl sites for hydroxylation is 1. The molecule has 2 aromatic rings. The van der Waals surface area contributed by atoms with Crippen molar-refractivity contribution < 1.29 is 18.0 Å². The fourth-order valence-electron chi connectivity index (χ4n) is 3.55. The lowest BCUT2D eigenvalue weighted by molar-refractivity contribution is -0.137. The highest BCUT2D eigenvalue weighted by Crippen LogP contribution is 2.46. The van der Waals surface area contributed by atoms with E-state index in [9.17, 15) is 18.0 Å². The van der Waals surface area contributed by atoms with Gasteiger partial charge in [-0.3, -0.25) is 4.79 Å². The van der Waals surface area contributed by atoms with Gasteiger partial charge in [-0.05, 0) is 44.6 Å². The van der Waals surface area contributed by atoms with Crippen molar-refractivity contribution >= 4 is 33.1 Å². The second-order valence-corrected chi connectivity index (χ2v) is 8.08. The number of aromatic nitrogens is 1. The van der Waals surface area contributed by atoms with Crippen LogP contribution in [0.5, 0.6) is 0 Å². The van der Waals surface area contributed by atoms with Crippen molar-refractivity contribution in [3.05, 3.63) is 21.7 Å². The molecule has 0 aromatic carbocycles. The molecule has 2 heterocycles. The predicted octanol–water partition coefficient (Wildman–Crippen LogP) is 4.55. The monoisotopic (exact) mass is 385 g/mol. The summed E-state index contributed by atoms with van der Waals surface area (Å²) in [5.74, 6) is -0.246. The first-order valence-corrected chi connectivity index (χ1v) is 9.56. The number of nitrogen functional groups attached to an aromatic ring is 1. The van der Waals surface area contributed by atoms with E-state index in [1.54, 1.807) is 13.8 Å². The molecule has 4 nitrogen and oxygen atoms in total. The number of anilines is 1. The summed E-state index contributed by atoms with van der Waals surface area (Å²) >= 11 is 0.935. The zero-order valence-corrected chi connectivity index (χ0v) is 15.8. The van der Waals surface area contributed by atoms with E-state index in [0.717, 1.165) is 24.2 Å². The Morgan fingerprint density at radius 3 is 2.69 bits per heavy atom. The molecule has 0 radical (unpaired) electrons. The van der Waals surface area contributed by atoms with Crippen LogP contribution in [0.25, 0.3) is 10.2 Å². The smallest absolute Gasteiger partial charge is 0.397 e. The van der Waals surface area contributed by atoms with E-state index >= 15 is 0 Å². The van der Waals surface area contributed by atoms with Gasteiger partial charge in [-0.2, -0.15) is 13.2 Å². The molecule has 1 amide bonds. The van der Waals surface area contributed by atoms with Crippen molar-refractivity contribution in [3.8, 4) is 0 Å². The minimum Gasteiger partial charge on any atom is -0.397 e. The van der Waals surface area contributed by atoms with E-state index in [4.69, 9.17) is 5.73 Å². The number of thiophene rings is 1. The van der Waals surface area contributed by atoms with Gasteiger partial charge >= 0.3 is 6.18 Å². The lowest BCUT2D eigenvalue weighted by Crippen LogP contribution is -2.29. The molecule has 142 valence electrons. The maximum atomic E-state index is 14.0. The first-order valence-electron chi connectivity index (χ1n) is 8.75. The largest absolute Gasteiger partial charge is 0.417 e. The maximum Gasteiger partial charge on any atom is 0.417 e. The zero-order chi connectivity index (χ0) is 19.2. The third kappa shape index (κ3) is 3.26. The molecule has 0 bridgehead atoms. The maximum absolute atomic E-state index is 14.0. The van der Waals surface area contributed by atoms with E-state index in [1.165, 1.54) is 0 Å². The van der Waals surface area contributed by atoms with Crippen LogP contribution >= 0.6 is 11.3 Å². The van der Waals surface area contributed by atoms with Gasteiger partial charge in [-0.25, -0.2) is 4.98 Å². The summed E-state index contributed by atoms with van der Waals surface area (Å²) < 4.78 is 41.9. The highest BCUT2D eigenvalue weighted by Gasteiger charge is 2.40. The molecular weight excluding hydrogens is 363 g/mol. The summed E-state index contributed by atoms with van der Waals surface area (Å²) in [4.78, 5) is 17.1. The molecule has 0 fully saturated rings. The average Bonchev–Trinajstić information content (AvgIpc) is 2.87. The Balaban J connectivity index is 2.26. The van der Waals surface area contributed by atoms with Crippen LogP contribution < -0.4 is 11.1 Å². The van der Waals surface area contributed by atoms with E-state index in [2.05, 4.69) is 10.3 Å². The number of pyridine rings is 1. The first-order chi connectivity index (χ1) is 12.1. The summed E-state index contributed by atoms with van der Waals surface area (Å²) in [5.41, 5.74) is 5.95. The number of rotatable bonds is 3. The van der Waals surface area contributed by atoms with Gasteiger partial charge in [0.2, 0.25) is 0 Å². The number of amides is 1. The highest BCUT2D eigenvalue weighted by molar-refractivity contribution is 7.21. The van der Waals surface area contributed by atoms with Gasteiger partial charge in [0.1, 0.15) is 9.71 Å². The van der Waals surface area contributed by atoms with Crippen LogP contribution in [0, 0.1) is 5.92 Å². The molecule has 2 aromatic heterocycles. The number of hydrogen-bond acceptors (Lipinski definition) is 4. The molecule has 0 saturated heterocycles. The standard InChI is InChI=1S/C18H22F3N3OS/c1-4-9-5-6-11-10(7-9)13(18(19,20)21)12-14(22)15(26-17(12)24-11)16(25)23-8(2)3/h8-9H,4-7,22H2,1-3H3,(H,23,25). The van der Waals surface area contributed by atoms with Crippen LogP contribution in [-0.4, -0.2) is 16.9 Å². The highest BCUT2D eigenvalue weighted by atomic mass is 32.1. The van der Waals surface area contributed by atoms with Gasteiger partial charge in [0.15, 0.2) is 0 Å². The second kappa shape index (κ2) is 6.72. The lowest BCUT2D eigenvalue weighted by atomic mass is 9.82. The fourth-order valence-corrected chi connectivity index (χ4v) is 4.58. The molecule has 3 rings (SSSR count). The van der Waals surface area contributed by atoms with Crippen molar-refractivity contribution in [2.75, 3.05) is 5.73 Å². The molecule has 8 heteroatoms. The van der Waals surface area contributed by atoms with Crippen LogP contribution in [0.3, 0.4) is 0 Å². The third-order valence-electron chi connectivity index (χ3n) is 4.83. The molecule has 0 spiro atoms. The van der Waals surface area contributed by atoms with Crippen molar-refractivity contribution in [3.63, 3.8) is 0 Å². The molecule has 1 aliphatic rings. The van der Waals surface area contributed by atoms with Gasteiger partial charge in [0.25, 0.3) is 5.91 Å². The Kier molecular flexibility index (Phi) is 4.90. The summed E-state index contributed by atoms with van der Waals surface area (Å²) in [7, 11) is 0. The molecule has 0 saturated carbocycles. The van der Waals surface area contributed by atoms with Gasteiger partial charge in [-0.1, -0.05) is 13.3 Å². The number of halogens is 3. The molecule has 1 atom stereocenters. The number of alkyl halides is 3. The van der Waals surface area contributed by atoms with Crippen molar-refractivity contribution in [1.82, 2.24) is 10.3 Å². The van der Waals surface area contributed by atoms with Crippen molar-refractivity contribution in [2.24, 2.45) is 5.92 Å². The van der Waals surface area contributed by atoms with Gasteiger partial charge < -0.3 is 11.1 Å². The van der Waals surface area contributed by atoms with Crippen LogP contribution in [0.15, 0.2) is 0 Å². The minimum absolute atomic E-state index is 0.0982. The Bertz CT molecular complexity index is 858. The van der Waals surface area contributed by atoms with Crippen molar-refractivity contribution in [1.29, 1.82) is 0 Å². The van der Waals surface area contributed by atoms with Crippen molar-refractivity contribution in [2.45, 2.75) is 58.7 Å². The third-order valence-corrected chi connectivity index (χ3v) is 5.93. The lowest BCUT2D eigenvalue weighted by Gasteiger charge is -2.26. The number of fused-ring (bicyclic) bond motifs is 2. The summed E-state index contributed by atoms with van der Waals surface area (Å²) in [6.45, 7) is 5.55. The average molecular weight is 385 g/mol. The normalized spacial score (nSPS) is 17.6. The van der Waals surface area contributed by atoms with Crippen LogP contribution in [-0.2, 0) is 19.0 Å². The molecular formula is C18H22F3N3OS. The van der Waals surface area contributed by atoms with E-state index < -0.39 is 17.6 Å². The topological polar surface area (TPSA) is 68.0 Å². The second-order valence-electron chi connectivity index (χ2n) is 7.08. The number of nitrogens with one attached hydrogen (secondary N) is 1. The van der Waals surface area contributed by atoms with E-state index in [1.807, 2.05) is 6.92 Å². The first kappa shape index (κ1) is 18.9. The SMILES string of the molecule is CCC1CCc2nc3sc(C(=O)NC(C)C)c(N)c3c(C(F)(F)F)c2C1. The van der Waals surface area contributed by atoms with Crippen LogP contribution in [0.2, 0.25) is 0 Å². The Labute approximate surface area is 154 Å². The summed E-state index contributed by atoms with van der Waals surface area (Å²) in [5, 5.41) is 2.57. The Hall–Kier alpha value is -1.83. The Morgan fingerprint density at radius 2 is 2.12 bits per heavy atom. The zero-order valence-electron chi connectivity index (χ0n) is 15.0. The summed E-state index contributed by atoms with van der Waals surface area (Å²) in [6.07, 6.45) is -2.00. The van der Waals surface area contributed by atoms with E-state index in [0.29, 0.717) is 18.5 Å². The van der Waals surface area contributed by atoms with Gasteiger partial charge in [-0.15, -0.1) is 11.3 Å². The molecule has 0 aliphatic heterocycles. The van der Waals surface area contributed by atoms with Crippen LogP contribution in [0.4, 0.5) is 18.9 Å². The molecule has 26 heavy (non-hydrogen) atoms. The van der Waals surface area contributed by atoms with Gasteiger partial charge in [0.05, 0.1) is 11.3 Å². The number of nitrogens with zero attached hydrogens (tertiary/aromatic N) is 1. The van der Waals surface area contributed by atoms with Gasteiger partial charge in [0, 0.05) is 17.1 Å². The quantitative estimate of drug-likeness (QED) is 0.814. The van der Waals surface area contributed by atoms with Crippen LogP contribution in [0.1, 0.15) is 60.1 Å². The number of nitrogens with two attached hydrogens (primary N) is 1. The minimum atomic E-state index is -4.54. The van der Waals surface area contributed by atoms with E-state index in [-0.39, 0.29) is 38.3 Å².